The van der Waals surface area contributed by atoms with Crippen LogP contribution in [-0.2, 0) is 11.0 Å². The summed E-state index contributed by atoms with van der Waals surface area (Å²) >= 11 is 6.04. The van der Waals surface area contributed by atoms with E-state index in [-0.39, 0.29) is 12.2 Å². The first-order valence-corrected chi connectivity index (χ1v) is 11.1. The number of fused-ring (bicyclic) bond motifs is 1. The predicted molar refractivity (Wildman–Crippen MR) is 127 cm³/mol. The summed E-state index contributed by atoms with van der Waals surface area (Å²) in [6.45, 7) is 13.7. The number of benzene rings is 2. The molecule has 1 aliphatic heterocycles. The lowest BCUT2D eigenvalue weighted by molar-refractivity contribution is 0.0997. The topological polar surface area (TPSA) is 85.0 Å². The molecule has 2 aromatic rings. The van der Waals surface area contributed by atoms with Gasteiger partial charge in [-0.15, -0.1) is 0 Å². The van der Waals surface area contributed by atoms with E-state index in [1.54, 1.807) is 43.6 Å². The summed E-state index contributed by atoms with van der Waals surface area (Å²) in [7, 11) is -1.34. The number of hydrogen-bond donors (Lipinski definition) is 1. The van der Waals surface area contributed by atoms with Gasteiger partial charge in [-0.05, 0) is 47.5 Å². The van der Waals surface area contributed by atoms with Crippen LogP contribution in [0.4, 0.5) is 0 Å². The van der Waals surface area contributed by atoms with Crippen LogP contribution in [0.1, 0.15) is 17.3 Å². The van der Waals surface area contributed by atoms with Crippen molar-refractivity contribution in [1.29, 1.82) is 0 Å². The number of carbonyl (C=O) groups excluding carboxylic acids is 1. The van der Waals surface area contributed by atoms with E-state index in [9.17, 15) is 9.00 Å². The Bertz CT molecular complexity index is 1230. The third-order valence-corrected chi connectivity index (χ3v) is 5.64. The van der Waals surface area contributed by atoms with Crippen molar-refractivity contribution >= 4 is 45.1 Å². The maximum atomic E-state index is 12.1. The average Bonchev–Trinajstić information content (AvgIpc) is 3.01. The quantitative estimate of drug-likeness (QED) is 0.666. The summed E-state index contributed by atoms with van der Waals surface area (Å²) in [4.78, 5) is 16.3. The molecule has 3 rings (SSSR count). The van der Waals surface area contributed by atoms with Crippen LogP contribution in [0.2, 0.25) is 5.02 Å². The van der Waals surface area contributed by atoms with E-state index in [1.807, 2.05) is 6.07 Å². The largest absolute Gasteiger partial charge is 0.488 e. The normalized spacial score (nSPS) is 15.8. The second-order valence-corrected chi connectivity index (χ2v) is 8.72. The second-order valence-electron chi connectivity index (χ2n) is 7.04. The zero-order valence-corrected chi connectivity index (χ0v) is 18.8. The van der Waals surface area contributed by atoms with Gasteiger partial charge in [0.25, 0.3) is 5.91 Å². The zero-order chi connectivity index (χ0) is 22.9. The van der Waals surface area contributed by atoms with Crippen molar-refractivity contribution in [3.63, 3.8) is 0 Å². The first-order chi connectivity index (χ1) is 14.6. The molecule has 2 N–H and O–H groups in total. The summed E-state index contributed by atoms with van der Waals surface area (Å²) in [5.74, 6) is 0.166. The average molecular weight is 456 g/mol. The number of halogens is 1. The molecular formula is C23H22ClN3O3S. The number of allylic oxidation sites excluding steroid dienone is 1. The van der Waals surface area contributed by atoms with Gasteiger partial charge < -0.3 is 10.5 Å². The fraction of sp³-hybridized carbons (Fsp3) is 0.130. The molecule has 1 amide bonds. The van der Waals surface area contributed by atoms with E-state index < -0.39 is 16.9 Å². The number of nitrogens with zero attached hydrogens (tertiary/aromatic N) is 2. The molecule has 1 atom stereocenters. The number of carbonyl (C=O) groups is 1. The van der Waals surface area contributed by atoms with Gasteiger partial charge in [-0.2, -0.15) is 0 Å². The third-order valence-electron chi connectivity index (χ3n) is 4.57. The molecular weight excluding hydrogens is 434 g/mol. The number of primary amides is 1. The molecule has 1 aliphatic rings. The number of ether oxygens (including phenoxy) is 1. The Morgan fingerprint density at radius 3 is 2.58 bits per heavy atom. The van der Waals surface area contributed by atoms with E-state index in [2.05, 4.69) is 24.7 Å². The van der Waals surface area contributed by atoms with E-state index in [0.717, 1.165) is 10.8 Å². The molecule has 6 nitrogen and oxygen atoms in total. The van der Waals surface area contributed by atoms with E-state index in [4.69, 9.17) is 22.1 Å². The van der Waals surface area contributed by atoms with Gasteiger partial charge in [0.15, 0.2) is 5.84 Å². The molecule has 0 fully saturated rings. The molecule has 0 radical (unpaired) electrons. The smallest absolute Gasteiger partial charge is 0.252 e. The maximum Gasteiger partial charge on any atom is 0.252 e. The van der Waals surface area contributed by atoms with Crippen molar-refractivity contribution in [2.75, 3.05) is 12.9 Å². The van der Waals surface area contributed by atoms with Gasteiger partial charge in [-0.3, -0.25) is 4.79 Å². The maximum absolute atomic E-state index is 12.1. The first-order valence-electron chi connectivity index (χ1n) is 9.21. The third kappa shape index (κ3) is 4.78. The minimum Gasteiger partial charge on any atom is -0.488 e. The molecule has 0 aliphatic carbocycles. The molecule has 0 saturated carbocycles. The summed E-state index contributed by atoms with van der Waals surface area (Å²) < 4.78 is 19.5. The highest BCUT2D eigenvalue weighted by molar-refractivity contribution is 7.82. The summed E-state index contributed by atoms with van der Waals surface area (Å²) in [5, 5.41) is 2.19. The highest BCUT2D eigenvalue weighted by Crippen LogP contribution is 2.31. The van der Waals surface area contributed by atoms with Gasteiger partial charge in [0.05, 0.1) is 5.56 Å². The van der Waals surface area contributed by atoms with Crippen LogP contribution in [0, 0.1) is 0 Å². The number of rotatable bonds is 7. The Morgan fingerprint density at radius 2 is 1.97 bits per heavy atom. The SMILES string of the molecule is C=C(C)N=C1C(=C)C(C(=C)COc2cc3ccc(Cl)cc3cc2C(N)=O)=CN1S(C)=O. The van der Waals surface area contributed by atoms with Crippen LogP contribution >= 0.6 is 11.6 Å². The second kappa shape index (κ2) is 8.91. The minimum atomic E-state index is -1.34. The van der Waals surface area contributed by atoms with Gasteiger partial charge in [-0.25, -0.2) is 13.5 Å². The van der Waals surface area contributed by atoms with Crippen molar-refractivity contribution in [3.8, 4) is 5.75 Å². The molecule has 0 spiro atoms. The zero-order valence-electron chi connectivity index (χ0n) is 17.3. The van der Waals surface area contributed by atoms with Crippen LogP contribution in [-0.4, -0.2) is 33.1 Å². The van der Waals surface area contributed by atoms with E-state index in [0.29, 0.717) is 39.0 Å². The molecule has 1 unspecified atom stereocenters. The van der Waals surface area contributed by atoms with Crippen LogP contribution in [0.15, 0.2) is 83.7 Å². The highest BCUT2D eigenvalue weighted by Gasteiger charge is 2.28. The first kappa shape index (κ1) is 22.5. The number of amidine groups is 1. The predicted octanol–water partition coefficient (Wildman–Crippen LogP) is 4.51. The summed E-state index contributed by atoms with van der Waals surface area (Å²) in [6.07, 6.45) is 3.21. The van der Waals surface area contributed by atoms with Crippen molar-refractivity contribution in [2.24, 2.45) is 10.7 Å². The van der Waals surface area contributed by atoms with Gasteiger partial charge in [0.1, 0.15) is 23.3 Å². The highest BCUT2D eigenvalue weighted by atomic mass is 35.5. The van der Waals surface area contributed by atoms with Gasteiger partial charge in [0.2, 0.25) is 0 Å². The molecule has 31 heavy (non-hydrogen) atoms. The van der Waals surface area contributed by atoms with Crippen molar-refractivity contribution < 1.29 is 13.7 Å². The van der Waals surface area contributed by atoms with Crippen molar-refractivity contribution in [2.45, 2.75) is 6.92 Å². The van der Waals surface area contributed by atoms with E-state index >= 15 is 0 Å². The lowest BCUT2D eigenvalue weighted by Gasteiger charge is -2.14. The Balaban J connectivity index is 1.88. The molecule has 2 aromatic carbocycles. The van der Waals surface area contributed by atoms with Crippen molar-refractivity contribution in [1.82, 2.24) is 4.31 Å². The lowest BCUT2D eigenvalue weighted by atomic mass is 10.0. The van der Waals surface area contributed by atoms with Crippen LogP contribution in [0.25, 0.3) is 10.8 Å². The monoisotopic (exact) mass is 455 g/mol. The lowest BCUT2D eigenvalue weighted by Crippen LogP contribution is -2.23. The van der Waals surface area contributed by atoms with Crippen LogP contribution in [0.3, 0.4) is 0 Å². The fourth-order valence-corrected chi connectivity index (χ4v) is 3.94. The molecule has 160 valence electrons. The van der Waals surface area contributed by atoms with Crippen molar-refractivity contribution in [3.05, 3.63) is 89.3 Å². The summed E-state index contributed by atoms with van der Waals surface area (Å²) in [5.41, 5.74) is 8.15. The standard InChI is InChI=1S/C23H22ClN3O3S/c1-13(2)26-23-15(4)20(11-27(23)31(5)29)14(3)12-30-21-10-16-6-7-18(24)8-17(16)9-19(21)22(25)28/h6-11H,1,3-4,12H2,2,5H3,(H2,25,28). The van der Waals surface area contributed by atoms with Gasteiger partial charge in [0, 0.05) is 34.3 Å². The molecule has 0 saturated heterocycles. The summed E-state index contributed by atoms with van der Waals surface area (Å²) in [6, 6.07) is 8.72. The Kier molecular flexibility index (Phi) is 6.48. The number of aliphatic imine (C=N–C) groups is 1. The Labute approximate surface area is 188 Å². The van der Waals surface area contributed by atoms with Gasteiger partial charge in [-0.1, -0.05) is 37.4 Å². The van der Waals surface area contributed by atoms with E-state index in [1.165, 1.54) is 4.31 Å². The minimum absolute atomic E-state index is 0.0643. The molecule has 0 bridgehead atoms. The Morgan fingerprint density at radius 1 is 1.26 bits per heavy atom. The fourth-order valence-electron chi connectivity index (χ4n) is 3.11. The molecule has 0 aromatic heterocycles. The number of hydrogen-bond acceptors (Lipinski definition) is 4. The van der Waals surface area contributed by atoms with Crippen LogP contribution < -0.4 is 10.5 Å². The van der Waals surface area contributed by atoms with Crippen LogP contribution in [0.5, 0.6) is 5.75 Å². The number of amides is 1. The van der Waals surface area contributed by atoms with Gasteiger partial charge >= 0.3 is 0 Å². The molecule has 1 heterocycles. The Hall–Kier alpha value is -3.16. The number of nitrogens with two attached hydrogens (primary N) is 1. The molecule has 8 heteroatoms.